The molecule has 0 aliphatic heterocycles. The van der Waals surface area contributed by atoms with Crippen molar-refractivity contribution in [2.75, 3.05) is 7.11 Å². The maximum absolute atomic E-state index is 12.5. The summed E-state index contributed by atoms with van der Waals surface area (Å²) >= 11 is 0. The molecule has 0 saturated carbocycles. The van der Waals surface area contributed by atoms with Crippen LogP contribution in [0, 0.1) is 0 Å². The SMILES string of the molecule is CCCn1c(=O)n(CC(C)(O)C(=O)OC)c2ccccc21. The van der Waals surface area contributed by atoms with E-state index in [1.54, 1.807) is 10.6 Å². The maximum Gasteiger partial charge on any atom is 0.339 e. The van der Waals surface area contributed by atoms with Crippen LogP contribution in [0.5, 0.6) is 0 Å². The van der Waals surface area contributed by atoms with E-state index in [4.69, 9.17) is 0 Å². The zero-order valence-corrected chi connectivity index (χ0v) is 12.5. The van der Waals surface area contributed by atoms with Crippen molar-refractivity contribution in [2.24, 2.45) is 0 Å². The van der Waals surface area contributed by atoms with Gasteiger partial charge in [-0.1, -0.05) is 19.1 Å². The molecule has 6 heteroatoms. The number of carbonyl (C=O) groups is 1. The molecule has 1 unspecified atom stereocenters. The van der Waals surface area contributed by atoms with Gasteiger partial charge in [0, 0.05) is 6.54 Å². The highest BCUT2D eigenvalue weighted by Crippen LogP contribution is 2.17. The molecule has 21 heavy (non-hydrogen) atoms. The Bertz CT molecular complexity index is 712. The second-order valence-corrected chi connectivity index (χ2v) is 5.27. The van der Waals surface area contributed by atoms with Crippen LogP contribution in [-0.2, 0) is 22.6 Å². The van der Waals surface area contributed by atoms with Crippen molar-refractivity contribution in [3.63, 3.8) is 0 Å². The molecule has 1 heterocycles. The number of esters is 1. The molecular weight excluding hydrogens is 272 g/mol. The molecule has 2 aromatic rings. The van der Waals surface area contributed by atoms with Gasteiger partial charge in [0.15, 0.2) is 5.60 Å². The molecule has 2 rings (SSSR count). The van der Waals surface area contributed by atoms with Gasteiger partial charge in [0.2, 0.25) is 0 Å². The zero-order valence-electron chi connectivity index (χ0n) is 12.5. The van der Waals surface area contributed by atoms with Gasteiger partial charge >= 0.3 is 11.7 Å². The topological polar surface area (TPSA) is 73.5 Å². The first-order valence-electron chi connectivity index (χ1n) is 6.91. The van der Waals surface area contributed by atoms with Crippen LogP contribution < -0.4 is 5.69 Å². The molecule has 1 N–H and O–H groups in total. The van der Waals surface area contributed by atoms with E-state index in [-0.39, 0.29) is 12.2 Å². The largest absolute Gasteiger partial charge is 0.467 e. The second-order valence-electron chi connectivity index (χ2n) is 5.27. The third-order valence-electron chi connectivity index (χ3n) is 3.46. The lowest BCUT2D eigenvalue weighted by molar-refractivity contribution is -0.161. The summed E-state index contributed by atoms with van der Waals surface area (Å²) in [5.74, 6) is -0.762. The van der Waals surface area contributed by atoms with Gasteiger partial charge in [-0.3, -0.25) is 9.13 Å². The van der Waals surface area contributed by atoms with Crippen LogP contribution in [0.15, 0.2) is 29.1 Å². The molecule has 0 bridgehead atoms. The Morgan fingerprint density at radius 3 is 2.38 bits per heavy atom. The molecule has 1 atom stereocenters. The number of imidazole rings is 1. The van der Waals surface area contributed by atoms with Crippen LogP contribution >= 0.6 is 0 Å². The maximum atomic E-state index is 12.5. The highest BCUT2D eigenvalue weighted by atomic mass is 16.5. The van der Waals surface area contributed by atoms with Crippen molar-refractivity contribution in [3.8, 4) is 0 Å². The van der Waals surface area contributed by atoms with Crippen molar-refractivity contribution in [1.29, 1.82) is 0 Å². The fraction of sp³-hybridized carbons (Fsp3) is 0.467. The van der Waals surface area contributed by atoms with Crippen molar-refractivity contribution in [3.05, 3.63) is 34.7 Å². The van der Waals surface area contributed by atoms with E-state index in [2.05, 4.69) is 4.74 Å². The lowest BCUT2D eigenvalue weighted by atomic mass is 10.1. The van der Waals surface area contributed by atoms with Crippen LogP contribution in [0.4, 0.5) is 0 Å². The third kappa shape index (κ3) is 2.71. The summed E-state index contributed by atoms with van der Waals surface area (Å²) in [6, 6.07) is 7.34. The van der Waals surface area contributed by atoms with Gasteiger partial charge in [0.1, 0.15) is 0 Å². The van der Waals surface area contributed by atoms with Gasteiger partial charge in [0.25, 0.3) is 0 Å². The summed E-state index contributed by atoms with van der Waals surface area (Å²) in [4.78, 5) is 24.2. The standard InChI is InChI=1S/C15H20N2O4/c1-4-9-16-11-7-5-6-8-12(11)17(14(16)19)10-15(2,20)13(18)21-3/h5-8,20H,4,9-10H2,1-3H3. The van der Waals surface area contributed by atoms with Crippen molar-refractivity contribution in [2.45, 2.75) is 39.0 Å². The summed E-state index contributed by atoms with van der Waals surface area (Å²) < 4.78 is 7.66. The van der Waals surface area contributed by atoms with E-state index >= 15 is 0 Å². The predicted molar refractivity (Wildman–Crippen MR) is 79.1 cm³/mol. The molecule has 0 aliphatic rings. The number of hydrogen-bond acceptors (Lipinski definition) is 4. The molecule has 0 spiro atoms. The number of hydrogen-bond donors (Lipinski definition) is 1. The molecule has 0 saturated heterocycles. The molecule has 114 valence electrons. The summed E-state index contributed by atoms with van der Waals surface area (Å²) in [6.07, 6.45) is 0.821. The average molecular weight is 292 g/mol. The number of ether oxygens (including phenoxy) is 1. The first-order valence-corrected chi connectivity index (χ1v) is 6.91. The zero-order chi connectivity index (χ0) is 15.6. The van der Waals surface area contributed by atoms with Crippen LogP contribution in [0.25, 0.3) is 11.0 Å². The number of aromatic nitrogens is 2. The van der Waals surface area contributed by atoms with Gasteiger partial charge in [0.05, 0.1) is 24.7 Å². The minimum Gasteiger partial charge on any atom is -0.467 e. The number of fused-ring (bicyclic) bond motifs is 1. The Labute approximate surface area is 122 Å². The van der Waals surface area contributed by atoms with Crippen molar-refractivity contribution in [1.82, 2.24) is 9.13 Å². The Morgan fingerprint density at radius 2 is 1.86 bits per heavy atom. The first kappa shape index (κ1) is 15.3. The predicted octanol–water partition coefficient (Wildman–Crippen LogP) is 1.14. The number of aryl methyl sites for hydroxylation is 1. The van der Waals surface area contributed by atoms with E-state index in [0.29, 0.717) is 12.1 Å². The third-order valence-corrected chi connectivity index (χ3v) is 3.46. The van der Waals surface area contributed by atoms with Gasteiger partial charge in [-0.25, -0.2) is 9.59 Å². The number of benzene rings is 1. The van der Waals surface area contributed by atoms with Crippen molar-refractivity contribution >= 4 is 17.0 Å². The molecular formula is C15H20N2O4. The number of rotatable bonds is 5. The van der Waals surface area contributed by atoms with Crippen LogP contribution in [0.2, 0.25) is 0 Å². The van der Waals surface area contributed by atoms with E-state index in [9.17, 15) is 14.7 Å². The quantitative estimate of drug-likeness (QED) is 0.839. The molecule has 1 aromatic carbocycles. The monoisotopic (exact) mass is 292 g/mol. The summed E-state index contributed by atoms with van der Waals surface area (Å²) in [7, 11) is 1.21. The summed E-state index contributed by atoms with van der Waals surface area (Å²) in [5, 5.41) is 10.2. The van der Waals surface area contributed by atoms with E-state index < -0.39 is 11.6 Å². The van der Waals surface area contributed by atoms with Gasteiger partial charge < -0.3 is 9.84 Å². The van der Waals surface area contributed by atoms with Gasteiger partial charge in [-0.15, -0.1) is 0 Å². The van der Waals surface area contributed by atoms with Gasteiger partial charge in [-0.05, 0) is 25.5 Å². The lowest BCUT2D eigenvalue weighted by Gasteiger charge is -2.20. The van der Waals surface area contributed by atoms with Gasteiger partial charge in [-0.2, -0.15) is 0 Å². The smallest absolute Gasteiger partial charge is 0.339 e. The lowest BCUT2D eigenvalue weighted by Crippen LogP contribution is -2.43. The normalized spacial score (nSPS) is 14.1. The van der Waals surface area contributed by atoms with Crippen LogP contribution in [0.1, 0.15) is 20.3 Å². The number of nitrogens with zero attached hydrogens (tertiary/aromatic N) is 2. The molecule has 0 radical (unpaired) electrons. The minimum absolute atomic E-state index is 0.143. The fourth-order valence-electron chi connectivity index (χ4n) is 2.46. The van der Waals surface area contributed by atoms with Crippen molar-refractivity contribution < 1.29 is 14.6 Å². The number of carbonyl (C=O) groups excluding carboxylic acids is 1. The van der Waals surface area contributed by atoms with E-state index in [1.807, 2.05) is 25.1 Å². The first-order chi connectivity index (χ1) is 9.92. The molecule has 6 nitrogen and oxygen atoms in total. The molecule has 0 fully saturated rings. The van der Waals surface area contributed by atoms with Crippen LogP contribution in [0.3, 0.4) is 0 Å². The van der Waals surface area contributed by atoms with Crippen LogP contribution in [-0.4, -0.2) is 32.9 Å². The number of methoxy groups -OCH3 is 1. The number of aliphatic hydroxyl groups is 1. The fourth-order valence-corrected chi connectivity index (χ4v) is 2.46. The van der Waals surface area contributed by atoms with E-state index in [1.165, 1.54) is 18.6 Å². The Hall–Kier alpha value is -2.08. The average Bonchev–Trinajstić information content (AvgIpc) is 2.72. The molecule has 0 aliphatic carbocycles. The highest BCUT2D eigenvalue weighted by Gasteiger charge is 2.33. The van der Waals surface area contributed by atoms with E-state index in [0.717, 1.165) is 11.9 Å². The molecule has 0 amide bonds. The minimum atomic E-state index is -1.75. The number of para-hydroxylation sites is 2. The summed E-state index contributed by atoms with van der Waals surface area (Å²) in [6.45, 7) is 3.78. The highest BCUT2D eigenvalue weighted by molar-refractivity contribution is 5.80. The Morgan fingerprint density at radius 1 is 1.29 bits per heavy atom. The molecule has 1 aromatic heterocycles. The summed E-state index contributed by atoms with van der Waals surface area (Å²) in [5.41, 5.74) is -0.493. The second kappa shape index (κ2) is 5.73. The Kier molecular flexibility index (Phi) is 4.18. The Balaban J connectivity index is 2.57.